The molecule has 0 amide bonds. The number of aldehydes is 1. The second-order valence-corrected chi connectivity index (χ2v) is 8.42. The van der Waals surface area contributed by atoms with E-state index < -0.39 is 0 Å². The molecule has 1 aliphatic carbocycles. The Morgan fingerprint density at radius 2 is 1.70 bits per heavy atom. The molecule has 3 N–H and O–H groups in total. The zero-order valence-electron chi connectivity index (χ0n) is 20.9. The van der Waals surface area contributed by atoms with Crippen LogP contribution < -0.4 is 10.6 Å². The van der Waals surface area contributed by atoms with Gasteiger partial charge in [0.05, 0.1) is 18.0 Å². The minimum absolute atomic E-state index is 0. The van der Waals surface area contributed by atoms with Gasteiger partial charge in [-0.05, 0) is 69.4 Å². The van der Waals surface area contributed by atoms with Crippen LogP contribution in [0.2, 0.25) is 0 Å². The van der Waals surface area contributed by atoms with Gasteiger partial charge in [-0.3, -0.25) is 15.1 Å². The highest BCUT2D eigenvalue weighted by Crippen LogP contribution is 2.43. The highest BCUT2D eigenvalue weighted by atomic mass is 32.2. The second kappa shape index (κ2) is 19.7. The van der Waals surface area contributed by atoms with Crippen LogP contribution in [0.3, 0.4) is 0 Å². The first kappa shape index (κ1) is 33.4. The van der Waals surface area contributed by atoms with E-state index in [0.717, 1.165) is 23.8 Å². The third-order valence-corrected chi connectivity index (χ3v) is 5.37. The molecule has 1 saturated carbocycles. The lowest BCUT2D eigenvalue weighted by molar-refractivity contribution is 0.112. The first-order valence-electron chi connectivity index (χ1n) is 11.4. The minimum Gasteiger partial charge on any atom is -0.381 e. The van der Waals surface area contributed by atoms with Crippen LogP contribution in [-0.4, -0.2) is 48.7 Å². The summed E-state index contributed by atoms with van der Waals surface area (Å²) in [6, 6.07) is 13.9. The van der Waals surface area contributed by atoms with E-state index in [1.165, 1.54) is 18.5 Å². The lowest BCUT2D eigenvalue weighted by Gasteiger charge is -2.20. The number of pyridine rings is 1. The third-order valence-electron chi connectivity index (χ3n) is 5.37. The van der Waals surface area contributed by atoms with Crippen LogP contribution in [0, 0.1) is 5.92 Å². The summed E-state index contributed by atoms with van der Waals surface area (Å²) in [6.07, 6.45) is 10.1. The quantitative estimate of drug-likeness (QED) is 0.342. The molecule has 2 aromatic rings. The molecule has 0 radical (unpaired) electrons. The van der Waals surface area contributed by atoms with E-state index in [1.54, 1.807) is 11.8 Å². The van der Waals surface area contributed by atoms with Crippen molar-refractivity contribution < 1.29 is 9.90 Å². The van der Waals surface area contributed by atoms with Crippen LogP contribution in [0.5, 0.6) is 0 Å². The van der Waals surface area contributed by atoms with E-state index in [9.17, 15) is 4.79 Å². The zero-order valence-corrected chi connectivity index (χ0v) is 21.7. The van der Waals surface area contributed by atoms with E-state index in [2.05, 4.69) is 28.6 Å². The van der Waals surface area contributed by atoms with Crippen LogP contribution in [-0.2, 0) is 12.0 Å². The summed E-state index contributed by atoms with van der Waals surface area (Å²) in [5.41, 5.74) is 3.23. The Morgan fingerprint density at radius 1 is 1.12 bits per heavy atom. The second-order valence-electron chi connectivity index (χ2n) is 7.60. The van der Waals surface area contributed by atoms with Gasteiger partial charge >= 0.3 is 0 Å². The molecule has 1 aromatic heterocycles. The Morgan fingerprint density at radius 3 is 2.15 bits per heavy atom. The molecule has 33 heavy (non-hydrogen) atoms. The van der Waals surface area contributed by atoms with E-state index in [4.69, 9.17) is 5.11 Å². The topological polar surface area (TPSA) is 74.2 Å². The number of hydrogen-bond donors (Lipinski definition) is 3. The van der Waals surface area contributed by atoms with Crippen LogP contribution in [0.15, 0.2) is 48.7 Å². The smallest absolute Gasteiger partial charge is 0.150 e. The Kier molecular flexibility index (Phi) is 20.0. The Hall–Kier alpha value is -1.73. The molecular formula is C27H47N3O2S. The summed E-state index contributed by atoms with van der Waals surface area (Å²) < 4.78 is 0. The van der Waals surface area contributed by atoms with Crippen LogP contribution in [0.1, 0.15) is 69.6 Å². The molecule has 5 nitrogen and oxygen atoms in total. The third kappa shape index (κ3) is 12.3. The van der Waals surface area contributed by atoms with E-state index in [0.29, 0.717) is 5.92 Å². The minimum atomic E-state index is -0.0131. The molecule has 1 heterocycles. The number of aliphatic hydroxyl groups is 1. The lowest BCUT2D eigenvalue weighted by Crippen LogP contribution is -2.33. The average Bonchev–Trinajstić information content (AvgIpc) is 3.64. The number of aliphatic hydroxyl groups excluding tert-OH is 1. The van der Waals surface area contributed by atoms with Crippen LogP contribution in [0.25, 0.3) is 0 Å². The molecule has 0 spiro atoms. The molecule has 188 valence electrons. The van der Waals surface area contributed by atoms with Gasteiger partial charge in [0, 0.05) is 17.8 Å². The van der Waals surface area contributed by atoms with Crippen molar-refractivity contribution in [2.45, 2.75) is 66.0 Å². The van der Waals surface area contributed by atoms with Crippen LogP contribution >= 0.6 is 11.8 Å². The van der Waals surface area contributed by atoms with Crippen molar-refractivity contribution in [2.75, 3.05) is 26.3 Å². The molecule has 0 aliphatic heterocycles. The fourth-order valence-electron chi connectivity index (χ4n) is 3.11. The number of thioether (sulfide) groups is 1. The number of nitrogens with one attached hydrogen (secondary N) is 2. The lowest BCUT2D eigenvalue weighted by atomic mass is 9.92. The fraction of sp³-hybridized carbons (Fsp3) is 0.556. The molecule has 3 rings (SSSR count). The zero-order chi connectivity index (χ0) is 24.4. The van der Waals surface area contributed by atoms with Crippen molar-refractivity contribution in [1.82, 2.24) is 15.6 Å². The molecule has 1 aromatic carbocycles. The highest BCUT2D eigenvalue weighted by Gasteiger charge is 2.43. The highest BCUT2D eigenvalue weighted by molar-refractivity contribution is 7.97. The predicted molar refractivity (Wildman–Crippen MR) is 146 cm³/mol. The number of carbonyl (C=O) groups is 1. The average molecular weight is 478 g/mol. The monoisotopic (exact) mass is 477 g/mol. The number of carbonyl (C=O) groups excluding carboxylic acids is 1. The summed E-state index contributed by atoms with van der Waals surface area (Å²) in [4.78, 5) is 15.2. The van der Waals surface area contributed by atoms with Gasteiger partial charge in [-0.2, -0.15) is 11.8 Å². The maximum absolute atomic E-state index is 10.8. The van der Waals surface area contributed by atoms with Gasteiger partial charge in [0.2, 0.25) is 0 Å². The van der Waals surface area contributed by atoms with Gasteiger partial charge in [-0.15, -0.1) is 0 Å². The molecule has 2 unspecified atom stereocenters. The summed E-state index contributed by atoms with van der Waals surface area (Å²) in [7, 11) is 2.00. The van der Waals surface area contributed by atoms with Crippen molar-refractivity contribution >= 4 is 18.0 Å². The Labute approximate surface area is 207 Å². The van der Waals surface area contributed by atoms with Crippen LogP contribution in [0.4, 0.5) is 0 Å². The standard InChI is InChI=1S/C13H19NO2.C9H12N2.C2H6S.C2H6.CH4/c1-10(11(2)14-9-16)7-12-5-3-4-6-13(12)8-15;1-10-9(5-6-9)8-4-2-3-7-11-8;1-3-2;1-2;/h3-6,8,10-11,14,16H,7,9H2,1-2H3;2-4,7,10H,5-6H2,1H3;1-2H3;1-2H3;1H4. The van der Waals surface area contributed by atoms with Crippen molar-refractivity contribution in [3.05, 3.63) is 65.5 Å². The Bertz CT molecular complexity index is 724. The Balaban J connectivity index is 0. The number of nitrogens with zero attached hydrogens (tertiary/aromatic N) is 1. The molecule has 1 aliphatic rings. The van der Waals surface area contributed by atoms with Crippen molar-refractivity contribution in [3.8, 4) is 0 Å². The fourth-order valence-corrected chi connectivity index (χ4v) is 3.11. The number of hydrogen-bond acceptors (Lipinski definition) is 6. The molecule has 2 atom stereocenters. The molecule has 0 bridgehead atoms. The molecular weight excluding hydrogens is 430 g/mol. The first-order valence-corrected chi connectivity index (χ1v) is 13.0. The van der Waals surface area contributed by atoms with Gasteiger partial charge in [0.15, 0.2) is 0 Å². The van der Waals surface area contributed by atoms with Crippen molar-refractivity contribution in [3.63, 3.8) is 0 Å². The number of aromatic nitrogens is 1. The van der Waals surface area contributed by atoms with Gasteiger partial charge in [0.25, 0.3) is 0 Å². The van der Waals surface area contributed by atoms with Crippen molar-refractivity contribution in [1.29, 1.82) is 0 Å². The van der Waals surface area contributed by atoms with Gasteiger partial charge in [-0.25, -0.2) is 0 Å². The first-order chi connectivity index (χ1) is 15.5. The normalized spacial score (nSPS) is 14.3. The summed E-state index contributed by atoms with van der Waals surface area (Å²) in [5, 5.41) is 15.1. The van der Waals surface area contributed by atoms with Gasteiger partial charge in [0.1, 0.15) is 6.29 Å². The predicted octanol–water partition coefficient (Wildman–Crippen LogP) is 5.54. The molecule has 6 heteroatoms. The molecule has 1 fully saturated rings. The summed E-state index contributed by atoms with van der Waals surface area (Å²) >= 11 is 1.75. The van der Waals surface area contributed by atoms with E-state index in [-0.39, 0.29) is 25.7 Å². The van der Waals surface area contributed by atoms with E-state index >= 15 is 0 Å². The van der Waals surface area contributed by atoms with E-state index in [1.807, 2.05) is 82.9 Å². The molecule has 0 saturated heterocycles. The summed E-state index contributed by atoms with van der Waals surface area (Å²) in [6.45, 7) is 8.13. The van der Waals surface area contributed by atoms with Gasteiger partial charge in [-0.1, -0.05) is 58.5 Å². The summed E-state index contributed by atoms with van der Waals surface area (Å²) in [5.74, 6) is 0.369. The maximum Gasteiger partial charge on any atom is 0.150 e. The van der Waals surface area contributed by atoms with Crippen molar-refractivity contribution in [2.24, 2.45) is 5.92 Å². The van der Waals surface area contributed by atoms with Gasteiger partial charge < -0.3 is 10.4 Å². The number of rotatable bonds is 8. The largest absolute Gasteiger partial charge is 0.381 e. The maximum atomic E-state index is 10.8. The number of benzene rings is 1. The SMILES string of the molecule is C.CC.CC(Cc1ccccc1C=O)C(C)NCO.CNC1(c2ccccn2)CC1.CSC.